The zero-order chi connectivity index (χ0) is 12.1. The lowest BCUT2D eigenvalue weighted by Gasteiger charge is -2.26. The van der Waals surface area contributed by atoms with Crippen LogP contribution in [0.5, 0.6) is 0 Å². The van der Waals surface area contributed by atoms with Gasteiger partial charge in [-0.25, -0.2) is 0 Å². The molecule has 1 aliphatic rings. The van der Waals surface area contributed by atoms with Crippen LogP contribution >= 0.6 is 11.3 Å². The molecule has 0 aromatic carbocycles. The van der Waals surface area contributed by atoms with E-state index in [-0.39, 0.29) is 0 Å². The van der Waals surface area contributed by atoms with Crippen LogP contribution in [-0.2, 0) is 16.1 Å². The van der Waals surface area contributed by atoms with Crippen LogP contribution in [0, 0.1) is 0 Å². The van der Waals surface area contributed by atoms with Crippen molar-refractivity contribution in [3.63, 3.8) is 0 Å². The van der Waals surface area contributed by atoms with Gasteiger partial charge in [-0.05, 0) is 22.4 Å². The van der Waals surface area contributed by atoms with Gasteiger partial charge in [0.1, 0.15) is 0 Å². The molecule has 0 aliphatic carbocycles. The van der Waals surface area contributed by atoms with Crippen molar-refractivity contribution in [2.45, 2.75) is 6.54 Å². The molecule has 2 rings (SSSR count). The summed E-state index contributed by atoms with van der Waals surface area (Å²) in [6.45, 7) is 3.13. The lowest BCUT2D eigenvalue weighted by atomic mass is 10.3. The minimum Gasteiger partial charge on any atom is -0.344 e. The molecule has 1 aromatic heterocycles. The molecule has 1 aliphatic heterocycles. The number of hydrogen-bond donors (Lipinski definition) is 2. The molecule has 1 fully saturated rings. The predicted molar refractivity (Wildman–Crippen MR) is 65.6 cm³/mol. The molecule has 0 spiro atoms. The second-order valence-corrected chi connectivity index (χ2v) is 4.64. The van der Waals surface area contributed by atoms with Crippen LogP contribution in [0.3, 0.4) is 0 Å². The lowest BCUT2D eigenvalue weighted by molar-refractivity contribution is -0.146. The Hall–Kier alpha value is -1.40. The molecule has 0 saturated carbocycles. The molecule has 92 valence electrons. The van der Waals surface area contributed by atoms with Gasteiger partial charge in [-0.3, -0.25) is 9.59 Å². The third kappa shape index (κ3) is 3.28. The Balaban J connectivity index is 1.80. The van der Waals surface area contributed by atoms with Gasteiger partial charge in [0.05, 0.1) is 0 Å². The van der Waals surface area contributed by atoms with Gasteiger partial charge in [-0.2, -0.15) is 11.3 Å². The normalized spacial score (nSPS) is 15.6. The summed E-state index contributed by atoms with van der Waals surface area (Å²) < 4.78 is 0. The highest BCUT2D eigenvalue weighted by atomic mass is 32.1. The molecule has 17 heavy (non-hydrogen) atoms. The number of carbonyl (C=O) groups excluding carboxylic acids is 2. The highest BCUT2D eigenvalue weighted by Gasteiger charge is 2.22. The average Bonchev–Trinajstić information content (AvgIpc) is 2.89. The monoisotopic (exact) mass is 253 g/mol. The highest BCUT2D eigenvalue weighted by molar-refractivity contribution is 7.07. The van der Waals surface area contributed by atoms with Gasteiger partial charge in [0.15, 0.2) is 0 Å². The Kier molecular flexibility index (Phi) is 4.11. The van der Waals surface area contributed by atoms with E-state index in [0.717, 1.165) is 18.7 Å². The summed E-state index contributed by atoms with van der Waals surface area (Å²) in [6, 6.07) is 1.93. The summed E-state index contributed by atoms with van der Waals surface area (Å²) in [7, 11) is 0. The van der Waals surface area contributed by atoms with Crippen LogP contribution in [0.1, 0.15) is 5.56 Å². The van der Waals surface area contributed by atoms with Crippen LogP contribution in [0.15, 0.2) is 16.8 Å². The molecule has 2 N–H and O–H groups in total. The third-order valence-electron chi connectivity index (χ3n) is 2.63. The first kappa shape index (κ1) is 12.1. The standard InChI is InChI=1S/C11H15N3O2S/c15-10(13-7-9-1-6-17-8-9)11(16)14-4-2-12-3-5-14/h1,6,8,12H,2-5,7H2,(H,13,15). The number of amides is 2. The van der Waals surface area contributed by atoms with Crippen molar-refractivity contribution < 1.29 is 9.59 Å². The third-order valence-corrected chi connectivity index (χ3v) is 3.36. The molecular formula is C11H15N3O2S. The van der Waals surface area contributed by atoms with Crippen LogP contribution in [0.4, 0.5) is 0 Å². The van der Waals surface area contributed by atoms with Crippen molar-refractivity contribution in [3.8, 4) is 0 Å². The van der Waals surface area contributed by atoms with E-state index in [0.29, 0.717) is 19.6 Å². The van der Waals surface area contributed by atoms with E-state index in [2.05, 4.69) is 10.6 Å². The Labute approximate surface area is 104 Å². The SMILES string of the molecule is O=C(NCc1ccsc1)C(=O)N1CCNCC1. The molecule has 2 amide bonds. The van der Waals surface area contributed by atoms with Gasteiger partial charge < -0.3 is 15.5 Å². The number of nitrogens with zero attached hydrogens (tertiary/aromatic N) is 1. The number of rotatable bonds is 2. The first-order valence-corrected chi connectivity index (χ1v) is 6.50. The van der Waals surface area contributed by atoms with E-state index >= 15 is 0 Å². The maximum Gasteiger partial charge on any atom is 0.311 e. The largest absolute Gasteiger partial charge is 0.344 e. The van der Waals surface area contributed by atoms with Crippen LogP contribution < -0.4 is 10.6 Å². The zero-order valence-electron chi connectivity index (χ0n) is 9.44. The minimum absolute atomic E-state index is 0.417. The summed E-state index contributed by atoms with van der Waals surface area (Å²) in [5.74, 6) is -0.945. The average molecular weight is 253 g/mol. The van der Waals surface area contributed by atoms with Crippen molar-refractivity contribution in [2.24, 2.45) is 0 Å². The van der Waals surface area contributed by atoms with Gasteiger partial charge >= 0.3 is 11.8 Å². The van der Waals surface area contributed by atoms with E-state index in [4.69, 9.17) is 0 Å². The quantitative estimate of drug-likeness (QED) is 0.717. The fourth-order valence-electron chi connectivity index (χ4n) is 1.66. The summed E-state index contributed by atoms with van der Waals surface area (Å²) >= 11 is 1.57. The van der Waals surface area contributed by atoms with E-state index in [9.17, 15) is 9.59 Å². The van der Waals surface area contributed by atoms with Crippen molar-refractivity contribution in [3.05, 3.63) is 22.4 Å². The van der Waals surface area contributed by atoms with Gasteiger partial charge in [-0.1, -0.05) is 0 Å². The summed E-state index contributed by atoms with van der Waals surface area (Å²) in [6.07, 6.45) is 0. The zero-order valence-corrected chi connectivity index (χ0v) is 10.3. The van der Waals surface area contributed by atoms with E-state index in [1.165, 1.54) is 0 Å². The van der Waals surface area contributed by atoms with Crippen molar-refractivity contribution >= 4 is 23.2 Å². The topological polar surface area (TPSA) is 61.4 Å². The molecule has 0 atom stereocenters. The molecule has 5 nitrogen and oxygen atoms in total. The second-order valence-electron chi connectivity index (χ2n) is 3.86. The summed E-state index contributed by atoms with van der Waals surface area (Å²) in [4.78, 5) is 24.9. The molecule has 0 radical (unpaired) electrons. The smallest absolute Gasteiger partial charge is 0.311 e. The maximum atomic E-state index is 11.7. The Bertz CT molecular complexity index is 385. The van der Waals surface area contributed by atoms with E-state index < -0.39 is 11.8 Å². The Morgan fingerprint density at radius 2 is 2.18 bits per heavy atom. The molecule has 2 heterocycles. The highest BCUT2D eigenvalue weighted by Crippen LogP contribution is 2.05. The van der Waals surface area contributed by atoms with Crippen LogP contribution in [0.25, 0.3) is 0 Å². The van der Waals surface area contributed by atoms with Gasteiger partial charge in [0, 0.05) is 32.7 Å². The first-order chi connectivity index (χ1) is 8.27. The number of carbonyl (C=O) groups is 2. The minimum atomic E-state index is -0.516. The maximum absolute atomic E-state index is 11.7. The first-order valence-electron chi connectivity index (χ1n) is 5.56. The van der Waals surface area contributed by atoms with E-state index in [1.807, 2.05) is 16.8 Å². The Morgan fingerprint density at radius 1 is 1.41 bits per heavy atom. The number of nitrogens with one attached hydrogen (secondary N) is 2. The molecule has 6 heteroatoms. The van der Waals surface area contributed by atoms with Crippen molar-refractivity contribution in [2.75, 3.05) is 26.2 Å². The number of piperazine rings is 1. The fourth-order valence-corrected chi connectivity index (χ4v) is 2.33. The number of thiophene rings is 1. The lowest BCUT2D eigenvalue weighted by Crippen LogP contribution is -2.51. The van der Waals surface area contributed by atoms with Crippen LogP contribution in [0.2, 0.25) is 0 Å². The van der Waals surface area contributed by atoms with Crippen LogP contribution in [-0.4, -0.2) is 42.9 Å². The molecule has 0 bridgehead atoms. The molecular weight excluding hydrogens is 238 g/mol. The Morgan fingerprint density at radius 3 is 2.82 bits per heavy atom. The second kappa shape index (κ2) is 5.79. The summed E-state index contributed by atoms with van der Waals surface area (Å²) in [5, 5.41) is 9.67. The van der Waals surface area contributed by atoms with Crippen molar-refractivity contribution in [1.82, 2.24) is 15.5 Å². The fraction of sp³-hybridized carbons (Fsp3) is 0.455. The predicted octanol–water partition coefficient (Wildman–Crippen LogP) is -0.204. The number of hydrogen-bond acceptors (Lipinski definition) is 4. The molecule has 1 saturated heterocycles. The van der Waals surface area contributed by atoms with Gasteiger partial charge in [0.2, 0.25) is 0 Å². The molecule has 0 unspecified atom stereocenters. The van der Waals surface area contributed by atoms with E-state index in [1.54, 1.807) is 16.2 Å². The summed E-state index contributed by atoms with van der Waals surface area (Å²) in [5.41, 5.74) is 1.02. The van der Waals surface area contributed by atoms with Crippen molar-refractivity contribution in [1.29, 1.82) is 0 Å². The molecule has 1 aromatic rings. The van der Waals surface area contributed by atoms with Gasteiger partial charge in [-0.15, -0.1) is 0 Å². The van der Waals surface area contributed by atoms with Gasteiger partial charge in [0.25, 0.3) is 0 Å².